The summed E-state index contributed by atoms with van der Waals surface area (Å²) in [5, 5.41) is 0. The van der Waals surface area contributed by atoms with Crippen molar-refractivity contribution in [2.75, 3.05) is 19.6 Å². The lowest BCUT2D eigenvalue weighted by molar-refractivity contribution is 0.0607. The SMILES string of the molecule is CCC1CCCCN1C(=O)c1ccc(F)c(S(=O)(=O)N(CC)CC)c1. The van der Waals surface area contributed by atoms with Gasteiger partial charge in [0.1, 0.15) is 10.7 Å². The average molecular weight is 370 g/mol. The first-order valence-corrected chi connectivity index (χ1v) is 10.4. The number of hydrogen-bond acceptors (Lipinski definition) is 3. The van der Waals surface area contributed by atoms with Crippen LogP contribution in [0.15, 0.2) is 23.1 Å². The topological polar surface area (TPSA) is 57.7 Å². The van der Waals surface area contributed by atoms with E-state index in [0.717, 1.165) is 31.7 Å². The molecule has 0 bridgehead atoms. The molecular formula is C18H27FN2O3S. The van der Waals surface area contributed by atoms with Crippen molar-refractivity contribution in [1.29, 1.82) is 0 Å². The number of benzene rings is 1. The second-order valence-corrected chi connectivity index (χ2v) is 8.20. The maximum Gasteiger partial charge on any atom is 0.254 e. The minimum atomic E-state index is -3.95. The molecule has 1 heterocycles. The van der Waals surface area contributed by atoms with E-state index in [1.807, 2.05) is 6.92 Å². The minimum Gasteiger partial charge on any atom is -0.336 e. The number of piperidine rings is 1. The van der Waals surface area contributed by atoms with Gasteiger partial charge < -0.3 is 4.90 Å². The maximum absolute atomic E-state index is 14.2. The Hall–Kier alpha value is -1.47. The number of sulfonamides is 1. The molecule has 0 N–H and O–H groups in total. The number of carbonyl (C=O) groups excluding carboxylic acids is 1. The molecule has 2 rings (SSSR count). The monoisotopic (exact) mass is 370 g/mol. The zero-order valence-corrected chi connectivity index (χ0v) is 16.0. The lowest BCUT2D eigenvalue weighted by Gasteiger charge is -2.35. The number of carbonyl (C=O) groups is 1. The molecule has 1 amide bonds. The number of amides is 1. The Balaban J connectivity index is 2.40. The van der Waals surface area contributed by atoms with E-state index in [9.17, 15) is 17.6 Å². The number of halogens is 1. The highest BCUT2D eigenvalue weighted by atomic mass is 32.2. The molecule has 0 aromatic heterocycles. The molecule has 25 heavy (non-hydrogen) atoms. The standard InChI is InChI=1S/C18H27FN2O3S/c1-4-15-9-7-8-12-21(15)18(22)14-10-11-16(19)17(13-14)25(23,24)20(5-2)6-3/h10-11,13,15H,4-9,12H2,1-3H3. The van der Waals surface area contributed by atoms with Crippen LogP contribution in [0.3, 0.4) is 0 Å². The third kappa shape index (κ3) is 4.03. The Labute approximate surface area is 149 Å². The zero-order chi connectivity index (χ0) is 18.6. The summed E-state index contributed by atoms with van der Waals surface area (Å²) in [4.78, 5) is 14.2. The van der Waals surface area contributed by atoms with Gasteiger partial charge >= 0.3 is 0 Å². The fraction of sp³-hybridized carbons (Fsp3) is 0.611. The van der Waals surface area contributed by atoms with Crippen molar-refractivity contribution >= 4 is 15.9 Å². The molecule has 0 saturated carbocycles. The first-order chi connectivity index (χ1) is 11.9. The molecule has 7 heteroatoms. The molecule has 5 nitrogen and oxygen atoms in total. The molecule has 0 radical (unpaired) electrons. The predicted molar refractivity (Wildman–Crippen MR) is 95.5 cm³/mol. The molecule has 1 atom stereocenters. The van der Waals surface area contributed by atoms with Crippen LogP contribution in [-0.2, 0) is 10.0 Å². The van der Waals surface area contributed by atoms with Crippen LogP contribution in [0.4, 0.5) is 4.39 Å². The van der Waals surface area contributed by atoms with Crippen LogP contribution >= 0.6 is 0 Å². The number of rotatable bonds is 6. The summed E-state index contributed by atoms with van der Waals surface area (Å²) >= 11 is 0. The van der Waals surface area contributed by atoms with E-state index in [4.69, 9.17) is 0 Å². The van der Waals surface area contributed by atoms with E-state index >= 15 is 0 Å². The fourth-order valence-corrected chi connectivity index (χ4v) is 4.94. The van der Waals surface area contributed by atoms with Gasteiger partial charge in [-0.15, -0.1) is 0 Å². The van der Waals surface area contributed by atoms with Gasteiger partial charge in [0.15, 0.2) is 0 Å². The Kier molecular flexibility index (Phi) is 6.57. The van der Waals surface area contributed by atoms with Gasteiger partial charge in [-0.05, 0) is 43.9 Å². The molecule has 0 spiro atoms. The van der Waals surface area contributed by atoms with Crippen LogP contribution < -0.4 is 0 Å². The molecule has 1 aliphatic rings. The van der Waals surface area contributed by atoms with Gasteiger partial charge in [-0.25, -0.2) is 12.8 Å². The summed E-state index contributed by atoms with van der Waals surface area (Å²) < 4.78 is 40.7. The lowest BCUT2D eigenvalue weighted by atomic mass is 9.99. The molecule has 1 aliphatic heterocycles. The summed E-state index contributed by atoms with van der Waals surface area (Å²) in [6.07, 6.45) is 3.84. The average Bonchev–Trinajstić information content (AvgIpc) is 2.62. The molecule has 1 fully saturated rings. The first-order valence-electron chi connectivity index (χ1n) is 8.97. The van der Waals surface area contributed by atoms with Crippen molar-refractivity contribution < 1.29 is 17.6 Å². The summed E-state index contributed by atoms with van der Waals surface area (Å²) in [5.41, 5.74) is 0.229. The van der Waals surface area contributed by atoms with E-state index in [1.54, 1.807) is 18.7 Å². The fourth-order valence-electron chi connectivity index (χ4n) is 3.39. The van der Waals surface area contributed by atoms with E-state index in [1.165, 1.54) is 16.4 Å². The van der Waals surface area contributed by atoms with E-state index < -0.39 is 20.7 Å². The second-order valence-electron chi connectivity index (χ2n) is 6.29. The van der Waals surface area contributed by atoms with Gasteiger partial charge in [0.25, 0.3) is 5.91 Å². The predicted octanol–water partition coefficient (Wildman–Crippen LogP) is 3.26. The van der Waals surface area contributed by atoms with Crippen LogP contribution in [0.1, 0.15) is 56.8 Å². The maximum atomic E-state index is 14.2. The molecule has 1 aromatic carbocycles. The molecule has 1 aromatic rings. The van der Waals surface area contributed by atoms with E-state index in [-0.39, 0.29) is 30.6 Å². The summed E-state index contributed by atoms with van der Waals surface area (Å²) in [7, 11) is -3.95. The van der Waals surface area contributed by atoms with Crippen molar-refractivity contribution in [2.45, 2.75) is 57.4 Å². The highest BCUT2D eigenvalue weighted by Crippen LogP contribution is 2.25. The Morgan fingerprint density at radius 3 is 2.52 bits per heavy atom. The van der Waals surface area contributed by atoms with Gasteiger partial charge in [-0.1, -0.05) is 20.8 Å². The highest BCUT2D eigenvalue weighted by Gasteiger charge is 2.30. The van der Waals surface area contributed by atoms with Crippen molar-refractivity contribution in [1.82, 2.24) is 9.21 Å². The van der Waals surface area contributed by atoms with Crippen LogP contribution in [0.2, 0.25) is 0 Å². The highest BCUT2D eigenvalue weighted by molar-refractivity contribution is 7.89. The van der Waals surface area contributed by atoms with E-state index in [0.29, 0.717) is 6.54 Å². The number of hydrogen-bond donors (Lipinski definition) is 0. The molecule has 1 saturated heterocycles. The van der Waals surface area contributed by atoms with Gasteiger partial charge in [0.2, 0.25) is 10.0 Å². The van der Waals surface area contributed by atoms with Crippen LogP contribution in [0, 0.1) is 5.82 Å². The Morgan fingerprint density at radius 2 is 1.92 bits per heavy atom. The smallest absolute Gasteiger partial charge is 0.254 e. The van der Waals surface area contributed by atoms with Gasteiger partial charge in [-0.2, -0.15) is 4.31 Å². The summed E-state index contributed by atoms with van der Waals surface area (Å²) in [5.74, 6) is -1.04. The third-order valence-electron chi connectivity index (χ3n) is 4.86. The zero-order valence-electron chi connectivity index (χ0n) is 15.2. The second kappa shape index (κ2) is 8.27. The van der Waals surface area contributed by atoms with Crippen LogP contribution in [-0.4, -0.2) is 49.2 Å². The molecular weight excluding hydrogens is 343 g/mol. The first kappa shape index (κ1) is 19.8. The van der Waals surface area contributed by atoms with Gasteiger partial charge in [-0.3, -0.25) is 4.79 Å². The Bertz CT molecular complexity index is 717. The lowest BCUT2D eigenvalue weighted by Crippen LogP contribution is -2.43. The van der Waals surface area contributed by atoms with Crippen molar-refractivity contribution in [3.05, 3.63) is 29.6 Å². The van der Waals surface area contributed by atoms with Crippen molar-refractivity contribution in [2.24, 2.45) is 0 Å². The van der Waals surface area contributed by atoms with Gasteiger partial charge in [0.05, 0.1) is 0 Å². The molecule has 1 unspecified atom stereocenters. The number of likely N-dealkylation sites (tertiary alicyclic amines) is 1. The Morgan fingerprint density at radius 1 is 1.24 bits per heavy atom. The summed E-state index contributed by atoms with van der Waals surface area (Å²) in [6.45, 7) is 6.60. The molecule has 140 valence electrons. The van der Waals surface area contributed by atoms with Crippen molar-refractivity contribution in [3.8, 4) is 0 Å². The van der Waals surface area contributed by atoms with Gasteiger partial charge in [0, 0.05) is 31.2 Å². The molecule has 0 aliphatic carbocycles. The quantitative estimate of drug-likeness (QED) is 0.772. The van der Waals surface area contributed by atoms with Crippen LogP contribution in [0.25, 0.3) is 0 Å². The van der Waals surface area contributed by atoms with Crippen LogP contribution in [0.5, 0.6) is 0 Å². The normalized spacial score (nSPS) is 18.6. The summed E-state index contributed by atoms with van der Waals surface area (Å²) in [6, 6.07) is 3.80. The minimum absolute atomic E-state index is 0.161. The third-order valence-corrected chi connectivity index (χ3v) is 6.93. The largest absolute Gasteiger partial charge is 0.336 e. The van der Waals surface area contributed by atoms with Crippen molar-refractivity contribution in [3.63, 3.8) is 0 Å². The van der Waals surface area contributed by atoms with E-state index in [2.05, 4.69) is 0 Å². The number of nitrogens with zero attached hydrogens (tertiary/aromatic N) is 2.